The molecule has 0 aromatic heterocycles. The van der Waals surface area contributed by atoms with Crippen LogP contribution in [-0.2, 0) is 14.3 Å². The van der Waals surface area contributed by atoms with Crippen LogP contribution in [-0.4, -0.2) is 41.9 Å². The predicted molar refractivity (Wildman–Crippen MR) is 51.9 cm³/mol. The maximum atomic E-state index is 11.1. The molecule has 0 spiro atoms. The fraction of sp³-hybridized carbons (Fsp3) is 0.800. The van der Waals surface area contributed by atoms with Gasteiger partial charge in [0.05, 0.1) is 12.1 Å². The van der Waals surface area contributed by atoms with Gasteiger partial charge in [0, 0.05) is 13.0 Å². The topological polar surface area (TPSA) is 46.6 Å². The summed E-state index contributed by atoms with van der Waals surface area (Å²) in [5, 5.41) is 0. The fourth-order valence-electron chi connectivity index (χ4n) is 1.44. The normalized spacial score (nSPS) is 21.8. The van der Waals surface area contributed by atoms with Crippen LogP contribution in [0.25, 0.3) is 0 Å². The summed E-state index contributed by atoms with van der Waals surface area (Å²) in [4.78, 5) is 23.9. The number of carbonyl (C=O) groups is 2. The molecule has 0 aromatic rings. The number of carbonyl (C=O) groups excluding carboxylic acids is 2. The average molecular weight is 199 g/mol. The minimum absolute atomic E-state index is 0.149. The number of nitrogens with zero attached hydrogens (tertiary/aromatic N) is 1. The van der Waals surface area contributed by atoms with E-state index in [4.69, 9.17) is 4.74 Å². The van der Waals surface area contributed by atoms with E-state index in [1.807, 2.05) is 18.7 Å². The average Bonchev–Trinajstić information content (AvgIpc) is 2.07. The molecule has 1 aliphatic heterocycles. The van der Waals surface area contributed by atoms with Gasteiger partial charge < -0.3 is 4.74 Å². The first kappa shape index (κ1) is 11.2. The molecule has 0 aliphatic carbocycles. The number of rotatable bonds is 3. The number of ether oxygens (including phenoxy) is 1. The number of ketones is 1. The van der Waals surface area contributed by atoms with Crippen molar-refractivity contribution in [1.29, 1.82) is 0 Å². The second kappa shape index (κ2) is 4.09. The molecule has 0 atom stereocenters. The van der Waals surface area contributed by atoms with Crippen molar-refractivity contribution in [1.82, 2.24) is 4.90 Å². The van der Waals surface area contributed by atoms with Gasteiger partial charge in [0.15, 0.2) is 0 Å². The van der Waals surface area contributed by atoms with Crippen molar-refractivity contribution in [3.8, 4) is 0 Å². The predicted octanol–water partition coefficient (Wildman–Crippen LogP) is 0.603. The molecule has 4 heteroatoms. The van der Waals surface area contributed by atoms with Gasteiger partial charge in [-0.15, -0.1) is 0 Å². The molecular formula is C10H17NO3. The molecule has 1 fully saturated rings. The summed E-state index contributed by atoms with van der Waals surface area (Å²) in [5.74, 6) is -0.0485. The summed E-state index contributed by atoms with van der Waals surface area (Å²) < 4.78 is 4.96. The van der Waals surface area contributed by atoms with E-state index in [-0.39, 0.29) is 17.3 Å². The molecule has 0 aromatic carbocycles. The number of morpholine rings is 1. The maximum absolute atomic E-state index is 11.1. The zero-order valence-corrected chi connectivity index (χ0v) is 9.00. The van der Waals surface area contributed by atoms with E-state index in [0.29, 0.717) is 26.1 Å². The Balaban J connectivity index is 2.54. The van der Waals surface area contributed by atoms with Crippen molar-refractivity contribution in [2.24, 2.45) is 0 Å². The Morgan fingerprint density at radius 3 is 2.79 bits per heavy atom. The largest absolute Gasteiger partial charge is 0.463 e. The van der Waals surface area contributed by atoms with E-state index < -0.39 is 0 Å². The van der Waals surface area contributed by atoms with E-state index in [1.54, 1.807) is 6.92 Å². The first-order valence-electron chi connectivity index (χ1n) is 4.82. The van der Waals surface area contributed by atoms with Crippen LogP contribution >= 0.6 is 0 Å². The molecule has 0 amide bonds. The number of hydrogen-bond acceptors (Lipinski definition) is 4. The van der Waals surface area contributed by atoms with Crippen LogP contribution in [0.1, 0.15) is 27.2 Å². The quantitative estimate of drug-likeness (QED) is 0.624. The molecule has 0 N–H and O–H groups in total. The Bertz CT molecular complexity index is 248. The molecule has 1 saturated heterocycles. The molecule has 80 valence electrons. The summed E-state index contributed by atoms with van der Waals surface area (Å²) in [6.07, 6.45) is 0.497. The van der Waals surface area contributed by atoms with Crippen LogP contribution in [0.3, 0.4) is 0 Å². The fourth-order valence-corrected chi connectivity index (χ4v) is 1.44. The highest BCUT2D eigenvalue weighted by molar-refractivity contribution is 5.76. The zero-order valence-electron chi connectivity index (χ0n) is 9.00. The van der Waals surface area contributed by atoms with Crippen LogP contribution in [0.15, 0.2) is 0 Å². The summed E-state index contributed by atoms with van der Waals surface area (Å²) in [6.45, 7) is 6.93. The highest BCUT2D eigenvalue weighted by Gasteiger charge is 2.34. The summed E-state index contributed by atoms with van der Waals surface area (Å²) in [5.41, 5.74) is -0.149. The first-order chi connectivity index (χ1) is 6.42. The van der Waals surface area contributed by atoms with Gasteiger partial charge in [-0.05, 0) is 20.8 Å². The Morgan fingerprint density at radius 2 is 2.21 bits per heavy atom. The van der Waals surface area contributed by atoms with Crippen LogP contribution in [0.5, 0.6) is 0 Å². The third-order valence-electron chi connectivity index (χ3n) is 2.50. The Labute approximate surface area is 84.2 Å². The molecule has 14 heavy (non-hydrogen) atoms. The minimum atomic E-state index is -0.201. The molecule has 0 bridgehead atoms. The molecular weight excluding hydrogens is 182 g/mol. The molecule has 0 saturated carbocycles. The van der Waals surface area contributed by atoms with E-state index in [2.05, 4.69) is 0 Å². The summed E-state index contributed by atoms with van der Waals surface area (Å²) in [7, 11) is 0. The van der Waals surface area contributed by atoms with Crippen LogP contribution < -0.4 is 0 Å². The van der Waals surface area contributed by atoms with Crippen LogP contribution in [0.4, 0.5) is 0 Å². The van der Waals surface area contributed by atoms with Gasteiger partial charge in [-0.25, -0.2) is 0 Å². The standard InChI is InChI=1S/C10H17NO3/c1-8(12)4-5-11-6-9(13)14-7-10(11,2)3/h4-7H2,1-3H3. The van der Waals surface area contributed by atoms with Gasteiger partial charge in [-0.1, -0.05) is 0 Å². The van der Waals surface area contributed by atoms with Crippen molar-refractivity contribution in [2.45, 2.75) is 32.7 Å². The lowest BCUT2D eigenvalue weighted by Crippen LogP contribution is -2.55. The summed E-state index contributed by atoms with van der Waals surface area (Å²) >= 11 is 0. The Hall–Kier alpha value is -0.900. The highest BCUT2D eigenvalue weighted by atomic mass is 16.5. The van der Waals surface area contributed by atoms with Gasteiger partial charge in [-0.3, -0.25) is 14.5 Å². The van der Waals surface area contributed by atoms with Gasteiger partial charge in [0.25, 0.3) is 0 Å². The first-order valence-corrected chi connectivity index (χ1v) is 4.82. The molecule has 1 rings (SSSR count). The molecule has 1 heterocycles. The number of esters is 1. The second-order valence-corrected chi connectivity index (χ2v) is 4.35. The van der Waals surface area contributed by atoms with Crippen LogP contribution in [0.2, 0.25) is 0 Å². The third-order valence-corrected chi connectivity index (χ3v) is 2.50. The van der Waals surface area contributed by atoms with Crippen molar-refractivity contribution < 1.29 is 14.3 Å². The molecule has 1 aliphatic rings. The lowest BCUT2D eigenvalue weighted by molar-refractivity contribution is -0.160. The van der Waals surface area contributed by atoms with E-state index in [1.165, 1.54) is 0 Å². The molecule has 0 radical (unpaired) electrons. The van der Waals surface area contributed by atoms with Crippen molar-refractivity contribution >= 4 is 11.8 Å². The monoisotopic (exact) mass is 199 g/mol. The smallest absolute Gasteiger partial charge is 0.320 e. The maximum Gasteiger partial charge on any atom is 0.320 e. The van der Waals surface area contributed by atoms with Gasteiger partial charge in [-0.2, -0.15) is 0 Å². The summed E-state index contributed by atoms with van der Waals surface area (Å²) in [6, 6.07) is 0. The van der Waals surface area contributed by atoms with Crippen molar-refractivity contribution in [3.63, 3.8) is 0 Å². The Morgan fingerprint density at radius 1 is 1.57 bits per heavy atom. The molecule has 4 nitrogen and oxygen atoms in total. The SMILES string of the molecule is CC(=O)CCN1CC(=O)OCC1(C)C. The highest BCUT2D eigenvalue weighted by Crippen LogP contribution is 2.19. The lowest BCUT2D eigenvalue weighted by atomic mass is 10.0. The van der Waals surface area contributed by atoms with Gasteiger partial charge >= 0.3 is 5.97 Å². The lowest BCUT2D eigenvalue weighted by Gasteiger charge is -2.40. The van der Waals surface area contributed by atoms with E-state index >= 15 is 0 Å². The van der Waals surface area contributed by atoms with E-state index in [9.17, 15) is 9.59 Å². The van der Waals surface area contributed by atoms with E-state index in [0.717, 1.165) is 0 Å². The number of cyclic esters (lactones) is 1. The molecule has 0 unspecified atom stereocenters. The zero-order chi connectivity index (χ0) is 10.8. The van der Waals surface area contributed by atoms with Crippen molar-refractivity contribution in [2.75, 3.05) is 19.7 Å². The van der Waals surface area contributed by atoms with Gasteiger partial charge in [0.1, 0.15) is 12.4 Å². The third kappa shape index (κ3) is 2.80. The second-order valence-electron chi connectivity index (χ2n) is 4.35. The van der Waals surface area contributed by atoms with Crippen molar-refractivity contribution in [3.05, 3.63) is 0 Å². The van der Waals surface area contributed by atoms with Crippen LogP contribution in [0, 0.1) is 0 Å². The van der Waals surface area contributed by atoms with Gasteiger partial charge in [0.2, 0.25) is 0 Å². The Kier molecular flexibility index (Phi) is 3.26. The minimum Gasteiger partial charge on any atom is -0.463 e. The number of hydrogen-bond donors (Lipinski definition) is 0. The number of Topliss-reactive ketones (excluding diaryl/α,β-unsaturated/α-hetero) is 1.